The molecule has 2 aliphatic rings. The Morgan fingerprint density at radius 2 is 1.82 bits per heavy atom. The van der Waals surface area contributed by atoms with Crippen molar-refractivity contribution in [2.45, 2.75) is 76.6 Å². The highest BCUT2D eigenvalue weighted by molar-refractivity contribution is 5.17. The van der Waals surface area contributed by atoms with Gasteiger partial charge in [-0.25, -0.2) is 0 Å². The highest BCUT2D eigenvalue weighted by Crippen LogP contribution is 2.50. The van der Waals surface area contributed by atoms with Gasteiger partial charge in [-0.3, -0.25) is 0 Å². The Labute approximate surface area is 104 Å². The van der Waals surface area contributed by atoms with E-state index in [0.29, 0.717) is 6.42 Å². The molecule has 1 aliphatic heterocycles. The van der Waals surface area contributed by atoms with Crippen LogP contribution in [0, 0.1) is 16.7 Å². The van der Waals surface area contributed by atoms with Crippen molar-refractivity contribution in [2.75, 3.05) is 0 Å². The van der Waals surface area contributed by atoms with Crippen molar-refractivity contribution < 1.29 is 9.84 Å². The Bertz CT molecular complexity index is 333. The molecule has 0 aromatic heterocycles. The molecule has 2 unspecified atom stereocenters. The van der Waals surface area contributed by atoms with E-state index in [4.69, 9.17) is 4.74 Å². The number of nitriles is 1. The largest absolute Gasteiger partial charge is 0.373 e. The first-order valence-corrected chi connectivity index (χ1v) is 6.63. The number of hydrogen-bond acceptors (Lipinski definition) is 3. The van der Waals surface area contributed by atoms with Gasteiger partial charge in [-0.2, -0.15) is 5.26 Å². The highest BCUT2D eigenvalue weighted by Gasteiger charge is 2.58. The lowest BCUT2D eigenvalue weighted by atomic mass is 9.75. The molecular weight excluding hydrogens is 214 g/mol. The summed E-state index contributed by atoms with van der Waals surface area (Å²) in [5.41, 5.74) is -1.75. The third kappa shape index (κ3) is 2.21. The van der Waals surface area contributed by atoms with Crippen LogP contribution in [0.4, 0.5) is 0 Å². The lowest BCUT2D eigenvalue weighted by Crippen LogP contribution is -2.44. The van der Waals surface area contributed by atoms with Crippen molar-refractivity contribution in [3.63, 3.8) is 0 Å². The number of rotatable bonds is 0. The van der Waals surface area contributed by atoms with Gasteiger partial charge in [0.2, 0.25) is 0 Å². The molecule has 96 valence electrons. The quantitative estimate of drug-likeness (QED) is 0.659. The molecule has 0 bridgehead atoms. The predicted molar refractivity (Wildman–Crippen MR) is 65.3 cm³/mol. The average molecular weight is 237 g/mol. The van der Waals surface area contributed by atoms with Crippen molar-refractivity contribution in [3.05, 3.63) is 0 Å². The molecule has 2 atom stereocenters. The van der Waals surface area contributed by atoms with Crippen LogP contribution in [0.15, 0.2) is 0 Å². The first kappa shape index (κ1) is 12.9. The second-order valence-corrected chi connectivity index (χ2v) is 6.82. The Morgan fingerprint density at radius 3 is 2.24 bits per heavy atom. The molecule has 1 aliphatic carbocycles. The molecule has 2 rings (SSSR count). The van der Waals surface area contributed by atoms with Gasteiger partial charge >= 0.3 is 0 Å². The maximum atomic E-state index is 10.5. The molecule has 0 radical (unpaired) electrons. The summed E-state index contributed by atoms with van der Waals surface area (Å²) in [5.74, 6) is 0. The van der Waals surface area contributed by atoms with Crippen LogP contribution < -0.4 is 0 Å². The summed E-state index contributed by atoms with van der Waals surface area (Å²) in [4.78, 5) is 0. The first-order chi connectivity index (χ1) is 7.81. The van der Waals surface area contributed by atoms with Crippen LogP contribution in [0.25, 0.3) is 0 Å². The van der Waals surface area contributed by atoms with Crippen LogP contribution in [0.3, 0.4) is 0 Å². The second kappa shape index (κ2) is 3.96. The van der Waals surface area contributed by atoms with Crippen LogP contribution in [0.2, 0.25) is 0 Å². The Morgan fingerprint density at radius 1 is 1.24 bits per heavy atom. The number of nitrogens with zero attached hydrogens (tertiary/aromatic N) is 1. The smallest absolute Gasteiger partial charge is 0.180 e. The van der Waals surface area contributed by atoms with Crippen molar-refractivity contribution in [1.29, 1.82) is 5.26 Å². The van der Waals surface area contributed by atoms with Crippen LogP contribution >= 0.6 is 0 Å². The van der Waals surface area contributed by atoms with Gasteiger partial charge in [0.15, 0.2) is 5.60 Å². The van der Waals surface area contributed by atoms with Gasteiger partial charge in [0, 0.05) is 6.42 Å². The summed E-state index contributed by atoms with van der Waals surface area (Å²) >= 11 is 0. The zero-order valence-corrected chi connectivity index (χ0v) is 11.1. The molecule has 1 N–H and O–H groups in total. The van der Waals surface area contributed by atoms with E-state index in [2.05, 4.69) is 6.07 Å². The summed E-state index contributed by atoms with van der Waals surface area (Å²) in [6.45, 7) is 6.09. The van der Waals surface area contributed by atoms with Gasteiger partial charge in [0.25, 0.3) is 0 Å². The van der Waals surface area contributed by atoms with E-state index in [1.165, 1.54) is 6.42 Å². The number of aliphatic hydroxyl groups is 1. The Balaban J connectivity index is 2.27. The normalized spacial score (nSPS) is 37.0. The molecule has 1 saturated carbocycles. The van der Waals surface area contributed by atoms with Crippen molar-refractivity contribution in [1.82, 2.24) is 0 Å². The minimum atomic E-state index is -1.31. The maximum absolute atomic E-state index is 10.5. The molecule has 3 heteroatoms. The SMILES string of the molecule is CC(C)(C)C1OC2(CCCCC2)CC1(O)C#N. The maximum Gasteiger partial charge on any atom is 0.180 e. The third-order valence-electron chi connectivity index (χ3n) is 4.14. The van der Waals surface area contributed by atoms with Gasteiger partial charge in [0.1, 0.15) is 12.2 Å². The van der Waals surface area contributed by atoms with Crippen LogP contribution in [-0.4, -0.2) is 22.4 Å². The topological polar surface area (TPSA) is 53.2 Å². The van der Waals surface area contributed by atoms with Gasteiger partial charge in [-0.15, -0.1) is 0 Å². The summed E-state index contributed by atoms with van der Waals surface area (Å²) in [6.07, 6.45) is 5.64. The monoisotopic (exact) mass is 237 g/mol. The molecule has 17 heavy (non-hydrogen) atoms. The van der Waals surface area contributed by atoms with Crippen LogP contribution in [-0.2, 0) is 4.74 Å². The fraction of sp³-hybridized carbons (Fsp3) is 0.929. The first-order valence-electron chi connectivity index (χ1n) is 6.63. The van der Waals surface area contributed by atoms with Crippen LogP contribution in [0.1, 0.15) is 59.3 Å². The van der Waals surface area contributed by atoms with E-state index in [1.807, 2.05) is 20.8 Å². The molecule has 1 spiro atoms. The molecule has 1 saturated heterocycles. The summed E-state index contributed by atoms with van der Waals surface area (Å²) in [7, 11) is 0. The minimum Gasteiger partial charge on any atom is -0.373 e. The van der Waals surface area contributed by atoms with E-state index < -0.39 is 5.60 Å². The van der Waals surface area contributed by atoms with Gasteiger partial charge < -0.3 is 9.84 Å². The van der Waals surface area contributed by atoms with E-state index in [0.717, 1.165) is 25.7 Å². The molecular formula is C14H23NO2. The van der Waals surface area contributed by atoms with Crippen molar-refractivity contribution in [3.8, 4) is 6.07 Å². The van der Waals surface area contributed by atoms with E-state index in [1.54, 1.807) is 0 Å². The molecule has 1 heterocycles. The number of ether oxygens (including phenoxy) is 1. The lowest BCUT2D eigenvalue weighted by Gasteiger charge is -2.36. The predicted octanol–water partition coefficient (Wildman–Crippen LogP) is 2.78. The lowest BCUT2D eigenvalue weighted by molar-refractivity contribution is -0.120. The highest BCUT2D eigenvalue weighted by atomic mass is 16.5. The minimum absolute atomic E-state index is 0.203. The van der Waals surface area contributed by atoms with E-state index in [-0.39, 0.29) is 17.1 Å². The average Bonchev–Trinajstić information content (AvgIpc) is 2.54. The molecule has 0 aromatic carbocycles. The zero-order valence-electron chi connectivity index (χ0n) is 11.1. The summed E-state index contributed by atoms with van der Waals surface area (Å²) in [6, 6.07) is 2.10. The second-order valence-electron chi connectivity index (χ2n) is 6.82. The van der Waals surface area contributed by atoms with Crippen molar-refractivity contribution >= 4 is 0 Å². The van der Waals surface area contributed by atoms with Gasteiger partial charge in [-0.05, 0) is 18.3 Å². The molecule has 2 fully saturated rings. The summed E-state index contributed by atoms with van der Waals surface area (Å²) < 4.78 is 6.19. The molecule has 0 amide bonds. The van der Waals surface area contributed by atoms with E-state index in [9.17, 15) is 10.4 Å². The van der Waals surface area contributed by atoms with Gasteiger partial charge in [-0.1, -0.05) is 40.0 Å². The van der Waals surface area contributed by atoms with Crippen molar-refractivity contribution in [2.24, 2.45) is 5.41 Å². The molecule has 0 aromatic rings. The van der Waals surface area contributed by atoms with E-state index >= 15 is 0 Å². The zero-order chi connectivity index (χ0) is 12.7. The van der Waals surface area contributed by atoms with Gasteiger partial charge in [0.05, 0.1) is 5.60 Å². The fourth-order valence-corrected chi connectivity index (χ4v) is 3.46. The Kier molecular flexibility index (Phi) is 3.00. The number of hydrogen-bond donors (Lipinski definition) is 1. The fourth-order valence-electron chi connectivity index (χ4n) is 3.46. The standard InChI is InChI=1S/C14H23NO2/c1-12(2,3)11-14(16,10-15)9-13(17-11)7-5-4-6-8-13/h11,16H,4-9H2,1-3H3. The molecule has 3 nitrogen and oxygen atoms in total. The van der Waals surface area contributed by atoms with Crippen LogP contribution in [0.5, 0.6) is 0 Å². The third-order valence-corrected chi connectivity index (χ3v) is 4.14. The Hall–Kier alpha value is -0.590. The summed E-state index contributed by atoms with van der Waals surface area (Å²) in [5, 5.41) is 19.8.